The van der Waals surface area contributed by atoms with Crippen molar-refractivity contribution in [2.75, 3.05) is 26.7 Å². The van der Waals surface area contributed by atoms with Crippen LogP contribution in [0.3, 0.4) is 0 Å². The van der Waals surface area contributed by atoms with E-state index in [4.69, 9.17) is 10.8 Å². The quantitative estimate of drug-likeness (QED) is 0.646. The minimum absolute atomic E-state index is 0.00365. The van der Waals surface area contributed by atoms with Gasteiger partial charge in [-0.2, -0.15) is 0 Å². The van der Waals surface area contributed by atoms with Gasteiger partial charge in [-0.25, -0.2) is 0 Å². The first-order chi connectivity index (χ1) is 6.57. The van der Waals surface area contributed by atoms with Crippen LogP contribution in [0.1, 0.15) is 26.7 Å². The van der Waals surface area contributed by atoms with Gasteiger partial charge in [-0.05, 0) is 12.8 Å². The zero-order chi connectivity index (χ0) is 11.2. The average molecular weight is 202 g/mol. The highest BCUT2D eigenvalue weighted by Crippen LogP contribution is 2.26. The highest BCUT2D eigenvalue weighted by molar-refractivity contribution is 5.82. The summed E-state index contributed by atoms with van der Waals surface area (Å²) in [5.74, 6) is 0.0408. The lowest BCUT2D eigenvalue weighted by molar-refractivity contribution is -0.141. The Bertz CT molecular complexity index is 171. The molecule has 0 heterocycles. The number of carbonyl (C=O) groups is 1. The number of carbonyl (C=O) groups excluding carboxylic acids is 1. The van der Waals surface area contributed by atoms with E-state index in [9.17, 15) is 4.79 Å². The molecule has 3 N–H and O–H groups in total. The third-order valence-electron chi connectivity index (χ3n) is 2.98. The Labute approximate surface area is 86.1 Å². The van der Waals surface area contributed by atoms with E-state index in [0.717, 1.165) is 12.8 Å². The van der Waals surface area contributed by atoms with Crippen molar-refractivity contribution in [2.24, 2.45) is 11.1 Å². The first kappa shape index (κ1) is 13.4. The van der Waals surface area contributed by atoms with Gasteiger partial charge in [0.2, 0.25) is 5.91 Å². The molecule has 1 amide bonds. The maximum Gasteiger partial charge on any atom is 0.229 e. The second kappa shape index (κ2) is 5.98. The third-order valence-corrected chi connectivity index (χ3v) is 2.98. The van der Waals surface area contributed by atoms with Crippen molar-refractivity contribution in [2.45, 2.75) is 26.7 Å². The number of aliphatic hydroxyl groups excluding tert-OH is 1. The van der Waals surface area contributed by atoms with Gasteiger partial charge < -0.3 is 15.7 Å². The van der Waals surface area contributed by atoms with Crippen molar-refractivity contribution in [1.29, 1.82) is 0 Å². The van der Waals surface area contributed by atoms with Crippen LogP contribution >= 0.6 is 0 Å². The summed E-state index contributed by atoms with van der Waals surface area (Å²) < 4.78 is 0. The molecule has 0 aliphatic rings. The zero-order valence-corrected chi connectivity index (χ0v) is 9.42. The van der Waals surface area contributed by atoms with Crippen LogP contribution in [0.25, 0.3) is 0 Å². The van der Waals surface area contributed by atoms with Crippen molar-refractivity contribution in [1.82, 2.24) is 4.90 Å². The molecule has 14 heavy (non-hydrogen) atoms. The van der Waals surface area contributed by atoms with E-state index in [-0.39, 0.29) is 12.5 Å². The first-order valence-electron chi connectivity index (χ1n) is 5.14. The average Bonchev–Trinajstić information content (AvgIpc) is 2.21. The number of nitrogens with zero attached hydrogens (tertiary/aromatic N) is 1. The van der Waals surface area contributed by atoms with Gasteiger partial charge in [0.25, 0.3) is 0 Å². The third kappa shape index (κ3) is 2.69. The number of amides is 1. The summed E-state index contributed by atoms with van der Waals surface area (Å²) in [4.78, 5) is 13.5. The smallest absolute Gasteiger partial charge is 0.229 e. The van der Waals surface area contributed by atoms with Crippen molar-refractivity contribution < 1.29 is 9.90 Å². The van der Waals surface area contributed by atoms with E-state index >= 15 is 0 Å². The minimum Gasteiger partial charge on any atom is -0.395 e. The van der Waals surface area contributed by atoms with Gasteiger partial charge >= 0.3 is 0 Å². The molecule has 0 aliphatic carbocycles. The fraction of sp³-hybridized carbons (Fsp3) is 0.900. The number of nitrogens with two attached hydrogens (primary N) is 1. The maximum absolute atomic E-state index is 12.0. The summed E-state index contributed by atoms with van der Waals surface area (Å²) in [7, 11) is 1.70. The molecule has 0 radical (unpaired) electrons. The summed E-state index contributed by atoms with van der Waals surface area (Å²) in [6.07, 6.45) is 1.49. The Morgan fingerprint density at radius 1 is 1.43 bits per heavy atom. The zero-order valence-electron chi connectivity index (χ0n) is 9.42. The molecule has 0 saturated heterocycles. The van der Waals surface area contributed by atoms with E-state index in [1.165, 1.54) is 0 Å². The van der Waals surface area contributed by atoms with Crippen molar-refractivity contribution in [3.8, 4) is 0 Å². The van der Waals surface area contributed by atoms with Crippen LogP contribution in [0.4, 0.5) is 0 Å². The van der Waals surface area contributed by atoms with Gasteiger partial charge in [-0.3, -0.25) is 4.79 Å². The lowest BCUT2D eigenvalue weighted by atomic mass is 9.81. The Morgan fingerprint density at radius 3 is 2.21 bits per heavy atom. The first-order valence-corrected chi connectivity index (χ1v) is 5.14. The van der Waals surface area contributed by atoms with Crippen molar-refractivity contribution >= 4 is 5.91 Å². The molecule has 84 valence electrons. The molecule has 0 aromatic carbocycles. The monoisotopic (exact) mass is 202 g/mol. The SMILES string of the molecule is CCC(CC)(CN)C(=O)N(C)CCO. The molecule has 0 unspecified atom stereocenters. The Hall–Kier alpha value is -0.610. The summed E-state index contributed by atoms with van der Waals surface area (Å²) in [6, 6.07) is 0. The topological polar surface area (TPSA) is 66.6 Å². The van der Waals surface area contributed by atoms with Gasteiger partial charge in [0.15, 0.2) is 0 Å². The van der Waals surface area contributed by atoms with Crippen LogP contribution in [0, 0.1) is 5.41 Å². The van der Waals surface area contributed by atoms with Gasteiger partial charge in [-0.1, -0.05) is 13.8 Å². The maximum atomic E-state index is 12.0. The fourth-order valence-corrected chi connectivity index (χ4v) is 1.58. The van der Waals surface area contributed by atoms with Crippen LogP contribution in [-0.4, -0.2) is 42.7 Å². The van der Waals surface area contributed by atoms with Crippen LogP contribution in [0.5, 0.6) is 0 Å². The van der Waals surface area contributed by atoms with E-state index in [2.05, 4.69) is 0 Å². The van der Waals surface area contributed by atoms with Gasteiger partial charge in [0.05, 0.1) is 12.0 Å². The predicted molar refractivity (Wildman–Crippen MR) is 56.8 cm³/mol. The van der Waals surface area contributed by atoms with Gasteiger partial charge in [0, 0.05) is 20.1 Å². The Balaban J connectivity index is 4.58. The standard InChI is InChI=1S/C10H22N2O2/c1-4-10(5-2,8-11)9(14)12(3)6-7-13/h13H,4-8,11H2,1-3H3. The second-order valence-electron chi connectivity index (χ2n) is 3.64. The molecule has 0 atom stereocenters. The van der Waals surface area contributed by atoms with E-state index in [0.29, 0.717) is 13.1 Å². The molecule has 0 aliphatic heterocycles. The number of hydrogen-bond acceptors (Lipinski definition) is 3. The normalized spacial score (nSPS) is 11.5. The number of hydrogen-bond donors (Lipinski definition) is 2. The molecule has 0 aromatic heterocycles. The van der Waals surface area contributed by atoms with Crippen molar-refractivity contribution in [3.63, 3.8) is 0 Å². The van der Waals surface area contributed by atoms with Crippen molar-refractivity contribution in [3.05, 3.63) is 0 Å². The largest absolute Gasteiger partial charge is 0.395 e. The number of rotatable bonds is 6. The van der Waals surface area contributed by atoms with Crippen LogP contribution in [-0.2, 0) is 4.79 Å². The molecule has 0 spiro atoms. The summed E-state index contributed by atoms with van der Waals surface area (Å²) in [6.45, 7) is 4.69. The molecular formula is C10H22N2O2. The molecule has 4 nitrogen and oxygen atoms in total. The molecule has 0 rings (SSSR count). The molecule has 4 heteroatoms. The highest BCUT2D eigenvalue weighted by Gasteiger charge is 2.35. The summed E-state index contributed by atoms with van der Waals surface area (Å²) in [5, 5.41) is 8.74. The Morgan fingerprint density at radius 2 is 1.93 bits per heavy atom. The Kier molecular flexibility index (Phi) is 5.72. The lowest BCUT2D eigenvalue weighted by Gasteiger charge is -2.32. The second-order valence-corrected chi connectivity index (χ2v) is 3.64. The number of likely N-dealkylation sites (N-methyl/N-ethyl adjacent to an activating group) is 1. The predicted octanol–water partition coefficient (Wildman–Crippen LogP) is 0.202. The highest BCUT2D eigenvalue weighted by atomic mass is 16.3. The number of aliphatic hydroxyl groups is 1. The minimum atomic E-state index is -0.441. The molecule has 0 fully saturated rings. The van der Waals surface area contributed by atoms with Crippen LogP contribution in [0.15, 0.2) is 0 Å². The van der Waals surface area contributed by atoms with Gasteiger partial charge in [0.1, 0.15) is 0 Å². The summed E-state index contributed by atoms with van der Waals surface area (Å²) >= 11 is 0. The molecular weight excluding hydrogens is 180 g/mol. The van der Waals surface area contributed by atoms with Crippen LogP contribution in [0.2, 0.25) is 0 Å². The molecule has 0 aromatic rings. The fourth-order valence-electron chi connectivity index (χ4n) is 1.58. The molecule has 0 bridgehead atoms. The lowest BCUT2D eigenvalue weighted by Crippen LogP contribution is -2.46. The van der Waals surface area contributed by atoms with Gasteiger partial charge in [-0.15, -0.1) is 0 Å². The van der Waals surface area contributed by atoms with E-state index in [1.54, 1.807) is 11.9 Å². The van der Waals surface area contributed by atoms with E-state index in [1.807, 2.05) is 13.8 Å². The van der Waals surface area contributed by atoms with Crippen LogP contribution < -0.4 is 5.73 Å². The summed E-state index contributed by atoms with van der Waals surface area (Å²) in [5.41, 5.74) is 5.21. The van der Waals surface area contributed by atoms with E-state index < -0.39 is 5.41 Å². The molecule has 0 saturated carbocycles.